The molecule has 1 N–H and O–H groups in total. The van der Waals surface area contributed by atoms with E-state index in [1.165, 1.54) is 23.9 Å². The summed E-state index contributed by atoms with van der Waals surface area (Å²) >= 11 is 1.18. The van der Waals surface area contributed by atoms with Crippen LogP contribution in [0.4, 0.5) is 0 Å². The average molecular weight is 129 g/mol. The predicted octanol–water partition coefficient (Wildman–Crippen LogP) is 0.346. The standard InChI is InChI=1S/C3H3N3OS/c7-5-2-3-1-4-6-8-3/h1-2,7H/b5-2+. The van der Waals surface area contributed by atoms with Gasteiger partial charge in [-0.2, -0.15) is 0 Å². The summed E-state index contributed by atoms with van der Waals surface area (Å²) in [6, 6.07) is 0. The van der Waals surface area contributed by atoms with E-state index >= 15 is 0 Å². The van der Waals surface area contributed by atoms with E-state index in [1.807, 2.05) is 0 Å². The van der Waals surface area contributed by atoms with Gasteiger partial charge in [0.15, 0.2) is 0 Å². The van der Waals surface area contributed by atoms with Crippen LogP contribution in [0.1, 0.15) is 4.88 Å². The first-order chi connectivity index (χ1) is 3.93. The maximum atomic E-state index is 7.96. The fourth-order valence-electron chi connectivity index (χ4n) is 0.289. The molecule has 0 bridgehead atoms. The molecule has 42 valence electrons. The summed E-state index contributed by atoms with van der Waals surface area (Å²) in [5, 5.41) is 14.2. The molecule has 0 unspecified atom stereocenters. The monoisotopic (exact) mass is 129 g/mol. The maximum absolute atomic E-state index is 7.96. The van der Waals surface area contributed by atoms with Gasteiger partial charge in [0, 0.05) is 0 Å². The highest BCUT2D eigenvalue weighted by Crippen LogP contribution is 1.95. The zero-order valence-corrected chi connectivity index (χ0v) is 4.67. The lowest BCUT2D eigenvalue weighted by Gasteiger charge is -1.69. The normalized spacial score (nSPS) is 10.5. The molecule has 0 saturated carbocycles. The molecule has 0 aliphatic heterocycles. The molecule has 1 rings (SSSR count). The van der Waals surface area contributed by atoms with Crippen LogP contribution in [0.2, 0.25) is 0 Å². The molecule has 4 nitrogen and oxygen atoms in total. The summed E-state index contributed by atoms with van der Waals surface area (Å²) in [5.74, 6) is 0. The van der Waals surface area contributed by atoms with Crippen LogP contribution < -0.4 is 0 Å². The fraction of sp³-hybridized carbons (Fsp3) is 0. The van der Waals surface area contributed by atoms with E-state index in [2.05, 4.69) is 14.7 Å². The second-order valence-electron chi connectivity index (χ2n) is 1.06. The maximum Gasteiger partial charge on any atom is 0.0897 e. The Morgan fingerprint density at radius 1 is 1.88 bits per heavy atom. The van der Waals surface area contributed by atoms with Crippen molar-refractivity contribution < 1.29 is 5.21 Å². The quantitative estimate of drug-likeness (QED) is 0.338. The van der Waals surface area contributed by atoms with E-state index in [4.69, 9.17) is 5.21 Å². The molecule has 0 atom stereocenters. The van der Waals surface area contributed by atoms with Gasteiger partial charge in [-0.25, -0.2) is 0 Å². The Bertz CT molecular complexity index is 171. The minimum atomic E-state index is 0.743. The topological polar surface area (TPSA) is 58.4 Å². The first kappa shape index (κ1) is 5.17. The second kappa shape index (κ2) is 2.37. The molecule has 0 radical (unpaired) electrons. The number of hydrogen-bond acceptors (Lipinski definition) is 5. The summed E-state index contributed by atoms with van der Waals surface area (Å²) in [7, 11) is 0. The lowest BCUT2D eigenvalue weighted by Crippen LogP contribution is -1.68. The summed E-state index contributed by atoms with van der Waals surface area (Å²) in [6.45, 7) is 0. The molecular formula is C3H3N3OS. The lowest BCUT2D eigenvalue weighted by atomic mass is 10.6. The first-order valence-electron chi connectivity index (χ1n) is 1.88. The molecule has 0 spiro atoms. The smallest absolute Gasteiger partial charge is 0.0897 e. The molecular weight excluding hydrogens is 126 g/mol. The second-order valence-corrected chi connectivity index (χ2v) is 1.88. The molecule has 5 heteroatoms. The number of hydrogen-bond donors (Lipinski definition) is 1. The predicted molar refractivity (Wildman–Crippen MR) is 29.3 cm³/mol. The van der Waals surface area contributed by atoms with Crippen molar-refractivity contribution in [3.05, 3.63) is 11.1 Å². The van der Waals surface area contributed by atoms with Crippen LogP contribution in [0.3, 0.4) is 0 Å². The minimum Gasteiger partial charge on any atom is -0.411 e. The van der Waals surface area contributed by atoms with Gasteiger partial charge >= 0.3 is 0 Å². The van der Waals surface area contributed by atoms with Gasteiger partial charge in [-0.1, -0.05) is 9.64 Å². The molecule has 0 aliphatic rings. The van der Waals surface area contributed by atoms with Gasteiger partial charge in [0.1, 0.15) is 0 Å². The molecule has 1 aromatic rings. The lowest BCUT2D eigenvalue weighted by molar-refractivity contribution is 0.322. The third-order valence-corrected chi connectivity index (χ3v) is 1.16. The van der Waals surface area contributed by atoms with E-state index in [0.717, 1.165) is 4.88 Å². The molecule has 0 fully saturated rings. The van der Waals surface area contributed by atoms with Gasteiger partial charge in [-0.15, -0.1) is 5.10 Å². The molecule has 1 aromatic heterocycles. The Labute approximate surface area is 49.6 Å². The van der Waals surface area contributed by atoms with Gasteiger partial charge in [0.2, 0.25) is 0 Å². The zero-order valence-electron chi connectivity index (χ0n) is 3.85. The summed E-state index contributed by atoms with van der Waals surface area (Å²) in [4.78, 5) is 0.743. The molecule has 0 aliphatic carbocycles. The fourth-order valence-corrected chi connectivity index (χ4v) is 0.666. The van der Waals surface area contributed by atoms with Crippen LogP contribution in [0, 0.1) is 0 Å². The summed E-state index contributed by atoms with van der Waals surface area (Å²) in [6.07, 6.45) is 2.80. The van der Waals surface area contributed by atoms with Gasteiger partial charge in [0.25, 0.3) is 0 Å². The van der Waals surface area contributed by atoms with Gasteiger partial charge in [0.05, 0.1) is 17.3 Å². The number of oxime groups is 1. The van der Waals surface area contributed by atoms with E-state index in [9.17, 15) is 0 Å². The van der Waals surface area contributed by atoms with Crippen LogP contribution in [-0.2, 0) is 0 Å². The van der Waals surface area contributed by atoms with Gasteiger partial charge in [-0.05, 0) is 11.5 Å². The Kier molecular flexibility index (Phi) is 1.53. The number of aromatic nitrogens is 2. The summed E-state index contributed by atoms with van der Waals surface area (Å²) in [5.41, 5.74) is 0. The van der Waals surface area contributed by atoms with Crippen molar-refractivity contribution in [3.8, 4) is 0 Å². The molecule has 0 aromatic carbocycles. The highest BCUT2D eigenvalue weighted by Gasteiger charge is 1.86. The average Bonchev–Trinajstić information content (AvgIpc) is 2.19. The zero-order chi connectivity index (χ0) is 5.82. The van der Waals surface area contributed by atoms with Gasteiger partial charge in [-0.3, -0.25) is 0 Å². The van der Waals surface area contributed by atoms with Crippen LogP contribution in [0.15, 0.2) is 11.4 Å². The van der Waals surface area contributed by atoms with Crippen molar-refractivity contribution >= 4 is 17.7 Å². The van der Waals surface area contributed by atoms with Crippen molar-refractivity contribution in [3.63, 3.8) is 0 Å². The first-order valence-corrected chi connectivity index (χ1v) is 2.65. The van der Waals surface area contributed by atoms with E-state index in [-0.39, 0.29) is 0 Å². The number of rotatable bonds is 1. The third-order valence-electron chi connectivity index (χ3n) is 0.563. The van der Waals surface area contributed by atoms with E-state index < -0.39 is 0 Å². The van der Waals surface area contributed by atoms with E-state index in [1.54, 1.807) is 0 Å². The highest BCUT2D eigenvalue weighted by atomic mass is 32.1. The van der Waals surface area contributed by atoms with Crippen LogP contribution in [0.25, 0.3) is 0 Å². The Morgan fingerprint density at radius 3 is 3.25 bits per heavy atom. The molecule has 1 heterocycles. The minimum absolute atomic E-state index is 0.743. The van der Waals surface area contributed by atoms with Crippen LogP contribution in [-0.4, -0.2) is 21.0 Å². The van der Waals surface area contributed by atoms with Crippen molar-refractivity contribution in [2.45, 2.75) is 0 Å². The Hall–Kier alpha value is -0.970. The largest absolute Gasteiger partial charge is 0.411 e. The van der Waals surface area contributed by atoms with Crippen LogP contribution in [0.5, 0.6) is 0 Å². The van der Waals surface area contributed by atoms with Crippen molar-refractivity contribution in [2.24, 2.45) is 5.16 Å². The third kappa shape index (κ3) is 1.00. The molecule has 0 amide bonds. The van der Waals surface area contributed by atoms with Crippen molar-refractivity contribution in [1.82, 2.24) is 9.59 Å². The van der Waals surface area contributed by atoms with Crippen molar-refractivity contribution in [2.75, 3.05) is 0 Å². The van der Waals surface area contributed by atoms with Crippen LogP contribution >= 0.6 is 11.5 Å². The summed E-state index contributed by atoms with van der Waals surface area (Å²) < 4.78 is 3.53. The molecule has 0 saturated heterocycles. The Balaban J connectivity index is 2.77. The SMILES string of the molecule is O/N=C/c1cnns1. The highest BCUT2D eigenvalue weighted by molar-refractivity contribution is 7.07. The van der Waals surface area contributed by atoms with Gasteiger partial charge < -0.3 is 5.21 Å². The van der Waals surface area contributed by atoms with Crippen molar-refractivity contribution in [1.29, 1.82) is 0 Å². The molecule has 8 heavy (non-hydrogen) atoms. The Morgan fingerprint density at radius 2 is 2.75 bits per heavy atom. The van der Waals surface area contributed by atoms with E-state index in [0.29, 0.717) is 0 Å². The number of nitrogens with zero attached hydrogens (tertiary/aromatic N) is 3.